The summed E-state index contributed by atoms with van der Waals surface area (Å²) < 4.78 is 0. The molecule has 1 unspecified atom stereocenters. The van der Waals surface area contributed by atoms with E-state index in [1.54, 1.807) is 0 Å². The molecule has 0 amide bonds. The largest absolute Gasteiger partial charge is 0.388 e. The zero-order valence-electron chi connectivity index (χ0n) is 11.7. The van der Waals surface area contributed by atoms with Crippen LogP contribution in [0.5, 0.6) is 0 Å². The number of aliphatic hydroxyl groups is 1. The van der Waals surface area contributed by atoms with Crippen molar-refractivity contribution in [3.8, 4) is 0 Å². The Balaban J connectivity index is 1.69. The summed E-state index contributed by atoms with van der Waals surface area (Å²) in [6.45, 7) is 0. The Morgan fingerprint density at radius 1 is 1.10 bits per heavy atom. The van der Waals surface area contributed by atoms with Crippen LogP contribution in [0, 0.1) is 0 Å². The quantitative estimate of drug-likeness (QED) is 0.887. The van der Waals surface area contributed by atoms with Gasteiger partial charge in [-0.15, -0.1) is 0 Å². The smallest absolute Gasteiger partial charge is 0.0796 e. The number of hydrogen-bond donors (Lipinski definition) is 1. The van der Waals surface area contributed by atoms with Crippen LogP contribution in [0.15, 0.2) is 48.8 Å². The lowest BCUT2D eigenvalue weighted by atomic mass is 9.77. The van der Waals surface area contributed by atoms with Crippen LogP contribution in [-0.2, 0) is 6.42 Å². The van der Waals surface area contributed by atoms with E-state index in [4.69, 9.17) is 0 Å². The van der Waals surface area contributed by atoms with Crippen LogP contribution >= 0.6 is 0 Å². The normalized spacial score (nSPS) is 16.6. The summed E-state index contributed by atoms with van der Waals surface area (Å²) in [5, 5.41) is 10.5. The Hall–Kier alpha value is -1.67. The number of hydrogen-bond acceptors (Lipinski definition) is 2. The van der Waals surface area contributed by atoms with Gasteiger partial charge < -0.3 is 5.11 Å². The van der Waals surface area contributed by atoms with Crippen LogP contribution in [0.3, 0.4) is 0 Å². The van der Waals surface area contributed by atoms with Crippen LogP contribution < -0.4 is 0 Å². The number of benzene rings is 1. The number of aryl methyl sites for hydroxylation is 1. The van der Waals surface area contributed by atoms with Gasteiger partial charge in [-0.25, -0.2) is 0 Å². The minimum absolute atomic E-state index is 0.361. The predicted molar refractivity (Wildman–Crippen MR) is 80.6 cm³/mol. The molecule has 1 fully saturated rings. The Bertz CT molecular complexity index is 548. The molecule has 2 aromatic rings. The minimum Gasteiger partial charge on any atom is -0.388 e. The molecule has 2 nitrogen and oxygen atoms in total. The summed E-state index contributed by atoms with van der Waals surface area (Å²) in [5.74, 6) is 0.668. The van der Waals surface area contributed by atoms with Crippen LogP contribution in [0.2, 0.25) is 0 Å². The molecular weight excluding hydrogens is 246 g/mol. The number of aliphatic hydroxyl groups excluding tert-OH is 1. The highest BCUT2D eigenvalue weighted by atomic mass is 16.3. The predicted octanol–water partition coefficient (Wildman–Crippen LogP) is 4.02. The van der Waals surface area contributed by atoms with Gasteiger partial charge in [0.1, 0.15) is 0 Å². The van der Waals surface area contributed by atoms with E-state index in [1.165, 1.54) is 30.4 Å². The summed E-state index contributed by atoms with van der Waals surface area (Å²) in [6, 6.07) is 12.4. The lowest BCUT2D eigenvalue weighted by molar-refractivity contribution is 0.165. The first kappa shape index (κ1) is 13.3. The van der Waals surface area contributed by atoms with Gasteiger partial charge in [-0.2, -0.15) is 0 Å². The van der Waals surface area contributed by atoms with Crippen molar-refractivity contribution in [3.63, 3.8) is 0 Å². The summed E-state index contributed by atoms with van der Waals surface area (Å²) in [4.78, 5) is 4.02. The molecule has 20 heavy (non-hydrogen) atoms. The fourth-order valence-corrected chi connectivity index (χ4v) is 2.91. The number of rotatable bonds is 5. The fraction of sp³-hybridized carbons (Fsp3) is 0.389. The highest BCUT2D eigenvalue weighted by Gasteiger charge is 2.23. The summed E-state index contributed by atoms with van der Waals surface area (Å²) in [5.41, 5.74) is 3.73. The fourth-order valence-electron chi connectivity index (χ4n) is 2.91. The van der Waals surface area contributed by atoms with Gasteiger partial charge in [0.05, 0.1) is 6.10 Å². The summed E-state index contributed by atoms with van der Waals surface area (Å²) >= 11 is 0. The average molecular weight is 267 g/mol. The van der Waals surface area contributed by atoms with Gasteiger partial charge in [0.2, 0.25) is 0 Å². The van der Waals surface area contributed by atoms with E-state index in [-0.39, 0.29) is 6.10 Å². The van der Waals surface area contributed by atoms with Crippen molar-refractivity contribution in [3.05, 3.63) is 65.5 Å². The first-order chi connectivity index (χ1) is 9.84. The minimum atomic E-state index is -0.361. The van der Waals surface area contributed by atoms with Crippen molar-refractivity contribution in [2.24, 2.45) is 0 Å². The van der Waals surface area contributed by atoms with Crippen molar-refractivity contribution >= 4 is 0 Å². The maximum absolute atomic E-state index is 10.5. The van der Waals surface area contributed by atoms with E-state index in [9.17, 15) is 5.11 Å². The molecule has 1 aromatic carbocycles. The van der Waals surface area contributed by atoms with Crippen molar-refractivity contribution in [2.75, 3.05) is 0 Å². The Morgan fingerprint density at radius 2 is 1.85 bits per heavy atom. The highest BCUT2D eigenvalue weighted by molar-refractivity contribution is 5.33. The van der Waals surface area contributed by atoms with Crippen molar-refractivity contribution in [1.29, 1.82) is 0 Å². The van der Waals surface area contributed by atoms with E-state index in [0.717, 1.165) is 18.4 Å². The molecule has 0 bridgehead atoms. The molecular formula is C18H21NO. The summed E-state index contributed by atoms with van der Waals surface area (Å²) in [6.07, 6.45) is 8.79. The standard InChI is InChI=1S/C18H21NO/c20-18(9-8-14-10-12-19-13-11-14)17-7-2-1-6-16(17)15-4-3-5-15/h1-2,6-7,10-13,15,18,20H,3-5,8-9H2. The van der Waals surface area contributed by atoms with E-state index >= 15 is 0 Å². The van der Waals surface area contributed by atoms with Gasteiger partial charge >= 0.3 is 0 Å². The molecule has 1 aromatic heterocycles. The third-order valence-corrected chi connectivity index (χ3v) is 4.36. The summed E-state index contributed by atoms with van der Waals surface area (Å²) in [7, 11) is 0. The number of nitrogens with zero attached hydrogens (tertiary/aromatic N) is 1. The maximum atomic E-state index is 10.5. The second-order valence-corrected chi connectivity index (χ2v) is 5.67. The van der Waals surface area contributed by atoms with Crippen LogP contribution in [-0.4, -0.2) is 10.1 Å². The number of pyridine rings is 1. The molecule has 1 saturated carbocycles. The van der Waals surface area contributed by atoms with Gasteiger partial charge in [-0.3, -0.25) is 4.98 Å². The Morgan fingerprint density at radius 3 is 2.55 bits per heavy atom. The second kappa shape index (κ2) is 6.19. The number of aromatic nitrogens is 1. The van der Waals surface area contributed by atoms with Crippen molar-refractivity contribution < 1.29 is 5.11 Å². The highest BCUT2D eigenvalue weighted by Crippen LogP contribution is 2.40. The molecule has 3 rings (SSSR count). The van der Waals surface area contributed by atoms with E-state index in [1.807, 2.05) is 30.6 Å². The molecule has 0 aliphatic heterocycles. The molecule has 104 valence electrons. The van der Waals surface area contributed by atoms with Crippen LogP contribution in [0.25, 0.3) is 0 Å². The maximum Gasteiger partial charge on any atom is 0.0796 e. The molecule has 1 heterocycles. The van der Waals surface area contributed by atoms with Gasteiger partial charge in [-0.05, 0) is 60.4 Å². The average Bonchev–Trinajstić information content (AvgIpc) is 2.45. The molecule has 2 heteroatoms. The zero-order valence-corrected chi connectivity index (χ0v) is 11.7. The Kier molecular flexibility index (Phi) is 4.12. The molecule has 0 radical (unpaired) electrons. The zero-order chi connectivity index (χ0) is 13.8. The van der Waals surface area contributed by atoms with E-state index in [0.29, 0.717) is 5.92 Å². The lowest BCUT2D eigenvalue weighted by Crippen LogP contribution is -2.13. The Labute approximate surface area is 120 Å². The van der Waals surface area contributed by atoms with Crippen molar-refractivity contribution in [2.45, 2.75) is 44.1 Å². The first-order valence-electron chi connectivity index (χ1n) is 7.50. The third-order valence-electron chi connectivity index (χ3n) is 4.36. The molecule has 1 N–H and O–H groups in total. The third kappa shape index (κ3) is 2.91. The van der Waals surface area contributed by atoms with Gasteiger partial charge in [-0.1, -0.05) is 30.7 Å². The molecule has 0 spiro atoms. The van der Waals surface area contributed by atoms with E-state index < -0.39 is 0 Å². The molecule has 1 atom stereocenters. The first-order valence-corrected chi connectivity index (χ1v) is 7.50. The van der Waals surface area contributed by atoms with Gasteiger partial charge in [0, 0.05) is 12.4 Å². The van der Waals surface area contributed by atoms with Crippen LogP contribution in [0.1, 0.15) is 54.4 Å². The van der Waals surface area contributed by atoms with Crippen molar-refractivity contribution in [1.82, 2.24) is 4.98 Å². The lowest BCUT2D eigenvalue weighted by Gasteiger charge is -2.29. The van der Waals surface area contributed by atoms with Crippen LogP contribution in [0.4, 0.5) is 0 Å². The monoisotopic (exact) mass is 267 g/mol. The second-order valence-electron chi connectivity index (χ2n) is 5.67. The van der Waals surface area contributed by atoms with E-state index in [2.05, 4.69) is 23.2 Å². The van der Waals surface area contributed by atoms with Gasteiger partial charge in [0.25, 0.3) is 0 Å². The molecule has 1 aliphatic rings. The van der Waals surface area contributed by atoms with Gasteiger partial charge in [0.15, 0.2) is 0 Å². The SMILES string of the molecule is OC(CCc1ccncc1)c1ccccc1C1CCC1. The topological polar surface area (TPSA) is 33.1 Å². The molecule has 1 aliphatic carbocycles. The molecule has 0 saturated heterocycles.